The van der Waals surface area contributed by atoms with E-state index in [4.69, 9.17) is 5.10 Å². The van der Waals surface area contributed by atoms with E-state index in [2.05, 4.69) is 41.9 Å². The van der Waals surface area contributed by atoms with Crippen molar-refractivity contribution in [3.8, 4) is 0 Å². The quantitative estimate of drug-likeness (QED) is 0.888. The first-order valence-electron chi connectivity index (χ1n) is 7.82. The fourth-order valence-corrected chi connectivity index (χ4v) is 2.66. The van der Waals surface area contributed by atoms with E-state index < -0.39 is 0 Å². The van der Waals surface area contributed by atoms with Gasteiger partial charge < -0.3 is 5.32 Å². The van der Waals surface area contributed by atoms with Crippen LogP contribution in [-0.2, 0) is 20.1 Å². The molecule has 1 aliphatic rings. The molecule has 2 heterocycles. The second kappa shape index (κ2) is 5.64. The SMILES string of the molecule is Cc1c(CNCc2cc(C3CC3)nn2C(C)C)cnn1C. The molecule has 114 valence electrons. The first kappa shape index (κ1) is 14.3. The van der Waals surface area contributed by atoms with Gasteiger partial charge in [0.15, 0.2) is 0 Å². The van der Waals surface area contributed by atoms with Crippen molar-refractivity contribution in [2.24, 2.45) is 7.05 Å². The van der Waals surface area contributed by atoms with Gasteiger partial charge in [0.25, 0.3) is 0 Å². The molecule has 2 aromatic rings. The molecule has 0 atom stereocenters. The van der Waals surface area contributed by atoms with Gasteiger partial charge in [0.2, 0.25) is 0 Å². The molecular weight excluding hydrogens is 262 g/mol. The van der Waals surface area contributed by atoms with Crippen LogP contribution in [0, 0.1) is 6.92 Å². The van der Waals surface area contributed by atoms with Gasteiger partial charge in [-0.2, -0.15) is 10.2 Å². The molecule has 21 heavy (non-hydrogen) atoms. The number of aromatic nitrogens is 4. The minimum atomic E-state index is 0.412. The molecule has 1 saturated carbocycles. The van der Waals surface area contributed by atoms with Gasteiger partial charge in [-0.15, -0.1) is 0 Å². The summed E-state index contributed by atoms with van der Waals surface area (Å²) in [6.45, 7) is 8.19. The van der Waals surface area contributed by atoms with E-state index in [1.165, 1.54) is 35.5 Å². The standard InChI is InChI=1S/C16H25N5/c1-11(2)21-15(7-16(19-21)13-5-6-13)10-17-8-14-9-18-20(4)12(14)3/h7,9,11,13,17H,5-6,8,10H2,1-4H3. The lowest BCUT2D eigenvalue weighted by Crippen LogP contribution is -2.17. The average Bonchev–Trinajstić information content (AvgIpc) is 3.14. The van der Waals surface area contributed by atoms with E-state index in [0.717, 1.165) is 13.1 Å². The summed E-state index contributed by atoms with van der Waals surface area (Å²) >= 11 is 0. The Kier molecular flexibility index (Phi) is 3.85. The first-order valence-corrected chi connectivity index (χ1v) is 7.82. The van der Waals surface area contributed by atoms with Gasteiger partial charge >= 0.3 is 0 Å². The summed E-state index contributed by atoms with van der Waals surface area (Å²) in [4.78, 5) is 0. The molecule has 0 radical (unpaired) electrons. The summed E-state index contributed by atoms with van der Waals surface area (Å²) < 4.78 is 4.08. The molecule has 5 heteroatoms. The summed E-state index contributed by atoms with van der Waals surface area (Å²) in [6.07, 6.45) is 4.55. The van der Waals surface area contributed by atoms with Crippen LogP contribution < -0.4 is 5.32 Å². The predicted octanol–water partition coefficient (Wildman–Crippen LogP) is 2.67. The Balaban J connectivity index is 1.65. The van der Waals surface area contributed by atoms with E-state index >= 15 is 0 Å². The second-order valence-corrected chi connectivity index (χ2v) is 6.36. The zero-order chi connectivity index (χ0) is 15.0. The highest BCUT2D eigenvalue weighted by Crippen LogP contribution is 2.39. The van der Waals surface area contributed by atoms with Crippen LogP contribution in [0.15, 0.2) is 12.3 Å². The Morgan fingerprint density at radius 1 is 1.33 bits per heavy atom. The van der Waals surface area contributed by atoms with Crippen molar-refractivity contribution in [1.29, 1.82) is 0 Å². The third-order valence-corrected chi connectivity index (χ3v) is 4.28. The maximum absolute atomic E-state index is 4.78. The summed E-state index contributed by atoms with van der Waals surface area (Å²) in [7, 11) is 1.98. The predicted molar refractivity (Wildman–Crippen MR) is 83.1 cm³/mol. The van der Waals surface area contributed by atoms with Gasteiger partial charge in [0, 0.05) is 43.4 Å². The lowest BCUT2D eigenvalue weighted by Gasteiger charge is -2.11. The van der Waals surface area contributed by atoms with Crippen LogP contribution in [0.2, 0.25) is 0 Å². The van der Waals surface area contributed by atoms with Crippen molar-refractivity contribution in [2.45, 2.75) is 58.7 Å². The minimum Gasteiger partial charge on any atom is -0.307 e. The Morgan fingerprint density at radius 3 is 2.67 bits per heavy atom. The minimum absolute atomic E-state index is 0.412. The molecule has 1 aliphatic carbocycles. The molecule has 0 spiro atoms. The Bertz CT molecular complexity index is 619. The number of nitrogens with one attached hydrogen (secondary N) is 1. The van der Waals surface area contributed by atoms with Crippen LogP contribution in [0.5, 0.6) is 0 Å². The van der Waals surface area contributed by atoms with Crippen LogP contribution in [0.1, 0.15) is 61.3 Å². The van der Waals surface area contributed by atoms with Crippen LogP contribution in [0.25, 0.3) is 0 Å². The number of aryl methyl sites for hydroxylation is 1. The van der Waals surface area contributed by atoms with Crippen LogP contribution in [0.4, 0.5) is 0 Å². The summed E-state index contributed by atoms with van der Waals surface area (Å²) in [5.74, 6) is 0.712. The summed E-state index contributed by atoms with van der Waals surface area (Å²) in [5, 5.41) is 12.6. The third-order valence-electron chi connectivity index (χ3n) is 4.28. The highest BCUT2D eigenvalue weighted by atomic mass is 15.3. The van der Waals surface area contributed by atoms with Gasteiger partial charge in [-0.05, 0) is 39.7 Å². The normalized spacial score (nSPS) is 15.1. The Labute approximate surface area is 126 Å². The smallest absolute Gasteiger partial charge is 0.0659 e. The number of hydrogen-bond acceptors (Lipinski definition) is 3. The Morgan fingerprint density at radius 2 is 2.10 bits per heavy atom. The third kappa shape index (κ3) is 3.02. The number of hydrogen-bond donors (Lipinski definition) is 1. The fourth-order valence-electron chi connectivity index (χ4n) is 2.66. The van der Waals surface area contributed by atoms with Gasteiger partial charge in [-0.1, -0.05) is 0 Å². The monoisotopic (exact) mass is 287 g/mol. The summed E-state index contributed by atoms with van der Waals surface area (Å²) in [6, 6.07) is 2.69. The molecule has 0 bridgehead atoms. The summed E-state index contributed by atoms with van der Waals surface area (Å²) in [5.41, 5.74) is 5.04. The molecule has 0 aromatic carbocycles. The van der Waals surface area contributed by atoms with Gasteiger partial charge in [0.05, 0.1) is 17.6 Å². The van der Waals surface area contributed by atoms with Crippen molar-refractivity contribution in [1.82, 2.24) is 24.9 Å². The molecule has 0 unspecified atom stereocenters. The van der Waals surface area contributed by atoms with Crippen molar-refractivity contribution < 1.29 is 0 Å². The van der Waals surface area contributed by atoms with Crippen LogP contribution in [0.3, 0.4) is 0 Å². The maximum Gasteiger partial charge on any atom is 0.0659 e. The molecule has 1 N–H and O–H groups in total. The highest BCUT2D eigenvalue weighted by molar-refractivity contribution is 5.20. The van der Waals surface area contributed by atoms with Crippen molar-refractivity contribution >= 4 is 0 Å². The molecular formula is C16H25N5. The van der Waals surface area contributed by atoms with E-state index in [0.29, 0.717) is 12.0 Å². The van der Waals surface area contributed by atoms with Crippen LogP contribution >= 0.6 is 0 Å². The molecule has 0 aliphatic heterocycles. The average molecular weight is 287 g/mol. The zero-order valence-electron chi connectivity index (χ0n) is 13.4. The fraction of sp³-hybridized carbons (Fsp3) is 0.625. The second-order valence-electron chi connectivity index (χ2n) is 6.36. The van der Waals surface area contributed by atoms with E-state index in [-0.39, 0.29) is 0 Å². The van der Waals surface area contributed by atoms with Crippen molar-refractivity contribution in [3.05, 3.63) is 34.9 Å². The molecule has 2 aromatic heterocycles. The Hall–Kier alpha value is -1.62. The molecule has 1 fully saturated rings. The van der Waals surface area contributed by atoms with Gasteiger partial charge in [-0.25, -0.2) is 0 Å². The molecule has 5 nitrogen and oxygen atoms in total. The topological polar surface area (TPSA) is 47.7 Å². The maximum atomic E-state index is 4.78. The van der Waals surface area contributed by atoms with Gasteiger partial charge in [-0.3, -0.25) is 9.36 Å². The molecule has 0 amide bonds. The molecule has 0 saturated heterocycles. The van der Waals surface area contributed by atoms with Crippen LogP contribution in [-0.4, -0.2) is 19.6 Å². The van der Waals surface area contributed by atoms with E-state index in [1.807, 2.05) is 17.9 Å². The lowest BCUT2D eigenvalue weighted by atomic mass is 10.2. The number of rotatable bonds is 6. The zero-order valence-corrected chi connectivity index (χ0v) is 13.4. The van der Waals surface area contributed by atoms with E-state index in [1.54, 1.807) is 0 Å². The van der Waals surface area contributed by atoms with Crippen molar-refractivity contribution in [3.63, 3.8) is 0 Å². The van der Waals surface area contributed by atoms with Crippen molar-refractivity contribution in [2.75, 3.05) is 0 Å². The molecule has 3 rings (SSSR count). The lowest BCUT2D eigenvalue weighted by molar-refractivity contribution is 0.491. The van der Waals surface area contributed by atoms with E-state index in [9.17, 15) is 0 Å². The number of nitrogens with zero attached hydrogens (tertiary/aromatic N) is 4. The highest BCUT2D eigenvalue weighted by Gasteiger charge is 2.27. The largest absolute Gasteiger partial charge is 0.307 e. The first-order chi connectivity index (χ1) is 10.1. The van der Waals surface area contributed by atoms with Gasteiger partial charge in [0.1, 0.15) is 0 Å².